The Balaban J connectivity index is 1.22. The van der Waals surface area contributed by atoms with Gasteiger partial charge in [-0.1, -0.05) is 13.8 Å². The molecule has 9 nitrogen and oxygen atoms in total. The van der Waals surface area contributed by atoms with Crippen molar-refractivity contribution < 1.29 is 42.9 Å². The molecule has 0 aromatic rings. The van der Waals surface area contributed by atoms with E-state index in [0.717, 1.165) is 12.8 Å². The molecule has 13 unspecified atom stereocenters. The molecule has 2 heterocycles. The number of fused-ring (bicyclic) bond motifs is 3. The van der Waals surface area contributed by atoms with Gasteiger partial charge in [0, 0.05) is 11.8 Å². The second-order valence-electron chi connectivity index (χ2n) is 14.3. The van der Waals surface area contributed by atoms with Gasteiger partial charge in [0.1, 0.15) is 17.8 Å². The Hall–Kier alpha value is -2.45. The number of carbonyl (C=O) groups is 5. The monoisotopic (exact) mass is 544 g/mol. The van der Waals surface area contributed by atoms with Gasteiger partial charge in [0.25, 0.3) is 0 Å². The average molecular weight is 545 g/mol. The largest absolute Gasteiger partial charge is 0.460 e. The third kappa shape index (κ3) is 3.88. The van der Waals surface area contributed by atoms with E-state index in [4.69, 9.17) is 18.9 Å². The first-order valence-corrected chi connectivity index (χ1v) is 14.6. The summed E-state index contributed by atoms with van der Waals surface area (Å²) in [5.41, 5.74) is -1.85. The molecule has 0 aromatic heterocycles. The van der Waals surface area contributed by atoms with Gasteiger partial charge in [-0.3, -0.25) is 24.0 Å². The molecule has 6 rings (SSSR count). The van der Waals surface area contributed by atoms with Crippen molar-refractivity contribution in [3.8, 4) is 0 Å². The Morgan fingerprint density at radius 1 is 0.923 bits per heavy atom. The number of hydrogen-bond donors (Lipinski definition) is 0. The molecule has 0 amide bonds. The van der Waals surface area contributed by atoms with Crippen molar-refractivity contribution in [2.45, 2.75) is 91.5 Å². The number of esters is 5. The van der Waals surface area contributed by atoms with Crippen molar-refractivity contribution in [1.82, 2.24) is 0 Å². The molecule has 4 saturated carbocycles. The first-order valence-electron chi connectivity index (χ1n) is 14.6. The molecule has 2 aliphatic heterocycles. The number of carbonyl (C=O) groups excluding carboxylic acids is 5. The number of cyclic esters (lactones) is 2. The van der Waals surface area contributed by atoms with Crippen LogP contribution in [0.5, 0.6) is 0 Å². The Labute approximate surface area is 229 Å². The third-order valence-electron chi connectivity index (χ3n) is 11.2. The van der Waals surface area contributed by atoms with Crippen molar-refractivity contribution in [2.24, 2.45) is 64.6 Å². The summed E-state index contributed by atoms with van der Waals surface area (Å²) in [5.74, 6) is -4.16. The van der Waals surface area contributed by atoms with E-state index in [1.807, 2.05) is 34.6 Å². The Bertz CT molecular complexity index is 1120. The highest BCUT2D eigenvalue weighted by Gasteiger charge is 2.67. The van der Waals surface area contributed by atoms with Gasteiger partial charge >= 0.3 is 29.8 Å². The molecule has 9 heteroatoms. The van der Waals surface area contributed by atoms with Gasteiger partial charge in [-0.05, 0) is 83.5 Å². The van der Waals surface area contributed by atoms with Gasteiger partial charge in [-0.25, -0.2) is 0 Å². The van der Waals surface area contributed by atoms with Gasteiger partial charge in [0.2, 0.25) is 0 Å². The quantitative estimate of drug-likeness (QED) is 0.281. The van der Waals surface area contributed by atoms with Crippen LogP contribution in [0.3, 0.4) is 0 Å². The van der Waals surface area contributed by atoms with Crippen LogP contribution in [0.2, 0.25) is 0 Å². The van der Waals surface area contributed by atoms with Crippen molar-refractivity contribution in [1.29, 1.82) is 0 Å². The second kappa shape index (κ2) is 8.77. The smallest absolute Gasteiger partial charge is 0.318 e. The summed E-state index contributed by atoms with van der Waals surface area (Å²) in [6, 6.07) is 0. The van der Waals surface area contributed by atoms with E-state index in [-0.39, 0.29) is 59.3 Å². The summed E-state index contributed by atoms with van der Waals surface area (Å²) >= 11 is 0. The minimum Gasteiger partial charge on any atom is -0.460 e. The van der Waals surface area contributed by atoms with Gasteiger partial charge in [0.15, 0.2) is 0 Å². The van der Waals surface area contributed by atoms with Crippen LogP contribution in [0.15, 0.2) is 0 Å². The van der Waals surface area contributed by atoms with Crippen LogP contribution in [0.25, 0.3) is 0 Å². The van der Waals surface area contributed by atoms with Crippen molar-refractivity contribution in [3.63, 3.8) is 0 Å². The summed E-state index contributed by atoms with van der Waals surface area (Å²) in [7, 11) is 0. The van der Waals surface area contributed by atoms with E-state index in [1.54, 1.807) is 6.92 Å². The highest BCUT2D eigenvalue weighted by molar-refractivity contribution is 6.00. The summed E-state index contributed by atoms with van der Waals surface area (Å²) in [5, 5.41) is 0. The van der Waals surface area contributed by atoms with Crippen molar-refractivity contribution >= 4 is 29.8 Å². The molecule has 13 atom stereocenters. The van der Waals surface area contributed by atoms with Crippen LogP contribution >= 0.6 is 0 Å². The molecule has 4 bridgehead atoms. The minimum atomic E-state index is -1.27. The summed E-state index contributed by atoms with van der Waals surface area (Å²) < 4.78 is 22.6. The van der Waals surface area contributed by atoms with Gasteiger partial charge in [-0.15, -0.1) is 0 Å². The van der Waals surface area contributed by atoms with E-state index in [2.05, 4.69) is 0 Å². The Kier molecular flexibility index (Phi) is 6.02. The van der Waals surface area contributed by atoms with Crippen LogP contribution in [0, 0.1) is 64.6 Å². The first kappa shape index (κ1) is 26.8. The molecule has 0 radical (unpaired) electrons. The number of hydrogen-bond acceptors (Lipinski definition) is 9. The maximum Gasteiger partial charge on any atom is 0.318 e. The lowest BCUT2D eigenvalue weighted by molar-refractivity contribution is -0.178. The molecule has 0 N–H and O–H groups in total. The Morgan fingerprint density at radius 2 is 1.62 bits per heavy atom. The predicted molar refractivity (Wildman–Crippen MR) is 134 cm³/mol. The maximum absolute atomic E-state index is 13.9. The number of rotatable bonds is 6. The lowest BCUT2D eigenvalue weighted by Gasteiger charge is -2.41. The maximum atomic E-state index is 13.9. The molecule has 214 valence electrons. The highest BCUT2D eigenvalue weighted by Crippen LogP contribution is 2.62. The number of ether oxygens (including phenoxy) is 4. The summed E-state index contributed by atoms with van der Waals surface area (Å²) in [4.78, 5) is 65.5. The lowest BCUT2D eigenvalue weighted by Crippen LogP contribution is -2.49. The fraction of sp³-hybridized carbons (Fsp3) is 0.833. The van der Waals surface area contributed by atoms with Crippen LogP contribution in [-0.4, -0.2) is 47.7 Å². The predicted octanol–water partition coefficient (Wildman–Crippen LogP) is 3.46. The molecular weight excluding hydrogens is 504 g/mol. The molecule has 2 saturated heterocycles. The van der Waals surface area contributed by atoms with Gasteiger partial charge in [0.05, 0.1) is 29.1 Å². The van der Waals surface area contributed by atoms with Crippen LogP contribution in [-0.2, 0) is 42.9 Å². The summed E-state index contributed by atoms with van der Waals surface area (Å²) in [6.45, 7) is 11.1. The summed E-state index contributed by atoms with van der Waals surface area (Å²) in [6.07, 6.45) is 2.20. The highest BCUT2D eigenvalue weighted by atomic mass is 16.6. The van der Waals surface area contributed by atoms with Crippen molar-refractivity contribution in [2.75, 3.05) is 0 Å². The lowest BCUT2D eigenvalue weighted by atomic mass is 9.61. The van der Waals surface area contributed by atoms with Crippen LogP contribution < -0.4 is 0 Å². The fourth-order valence-corrected chi connectivity index (χ4v) is 9.35. The van der Waals surface area contributed by atoms with E-state index in [0.29, 0.717) is 19.3 Å². The second-order valence-corrected chi connectivity index (χ2v) is 14.3. The molecular formula is C30H40O9. The van der Waals surface area contributed by atoms with Gasteiger partial charge < -0.3 is 18.9 Å². The fourth-order valence-electron chi connectivity index (χ4n) is 9.35. The topological polar surface area (TPSA) is 122 Å². The zero-order valence-electron chi connectivity index (χ0n) is 23.6. The van der Waals surface area contributed by atoms with Crippen molar-refractivity contribution in [3.05, 3.63) is 0 Å². The van der Waals surface area contributed by atoms with Crippen LogP contribution in [0.4, 0.5) is 0 Å². The van der Waals surface area contributed by atoms with E-state index in [1.165, 1.54) is 0 Å². The third-order valence-corrected chi connectivity index (χ3v) is 11.2. The SMILES string of the molecule is CCC(C)(C(=O)OC1C2CC3C(=O)OC1C3C2)C1C(=O)OC(=O)C1C1C2CC(C(=O)OC(C)(C)C)C(C2)C1C. The molecule has 4 aliphatic carbocycles. The van der Waals surface area contributed by atoms with E-state index in [9.17, 15) is 24.0 Å². The molecule has 6 aliphatic rings. The zero-order chi connectivity index (χ0) is 28.2. The van der Waals surface area contributed by atoms with E-state index >= 15 is 0 Å². The molecule has 6 fully saturated rings. The zero-order valence-corrected chi connectivity index (χ0v) is 23.6. The standard InChI is InChI=1S/C30H40O9/c1-7-30(6,28(35)37-22-14-10-16-18(11-14)24(31)36-23(16)22)21-20(26(33)38-27(21)34)19-12(2)15-8-13(19)9-17(15)25(32)39-29(3,4)5/h12-23H,7-11H2,1-6H3. The van der Waals surface area contributed by atoms with Gasteiger partial charge in [-0.2, -0.15) is 0 Å². The average Bonchev–Trinajstić information content (AvgIpc) is 3.66. The molecule has 0 spiro atoms. The Morgan fingerprint density at radius 3 is 2.26 bits per heavy atom. The first-order chi connectivity index (χ1) is 18.2. The normalized spacial score (nSPS) is 45.3. The van der Waals surface area contributed by atoms with Crippen LogP contribution in [0.1, 0.15) is 73.6 Å². The molecule has 0 aromatic carbocycles. The molecule has 39 heavy (non-hydrogen) atoms. The van der Waals surface area contributed by atoms with E-state index < -0.39 is 53.0 Å². The minimum absolute atomic E-state index is 0.00949.